The minimum Gasteiger partial charge on any atom is -0.286 e. The highest BCUT2D eigenvalue weighted by atomic mass is 32.2. The fourth-order valence-electron chi connectivity index (χ4n) is 1.60. The van der Waals surface area contributed by atoms with Gasteiger partial charge in [0.05, 0.1) is 5.75 Å². The first-order valence-electron chi connectivity index (χ1n) is 5.53. The summed E-state index contributed by atoms with van der Waals surface area (Å²) in [4.78, 5) is 31.7. The maximum absolute atomic E-state index is 11.9. The van der Waals surface area contributed by atoms with Gasteiger partial charge in [-0.25, -0.2) is 14.8 Å². The van der Waals surface area contributed by atoms with Crippen LogP contribution in [0.25, 0.3) is 0 Å². The van der Waals surface area contributed by atoms with Crippen molar-refractivity contribution in [3.63, 3.8) is 0 Å². The van der Waals surface area contributed by atoms with Gasteiger partial charge in [-0.15, -0.1) is 0 Å². The van der Waals surface area contributed by atoms with E-state index in [-0.39, 0.29) is 17.2 Å². The standard InChI is InChI=1S/C11H12N4O3S/c1-6-4-7(2)13-11(12-6)19-5-8(16)9-10(17)18-14-15(9)3/h4H,5H2,1-3H3/p+1. The molecule has 19 heavy (non-hydrogen) atoms. The molecule has 0 radical (unpaired) electrons. The second kappa shape index (κ2) is 5.35. The Kier molecular flexibility index (Phi) is 3.79. The third kappa shape index (κ3) is 3.08. The van der Waals surface area contributed by atoms with Crippen LogP contribution < -0.4 is 10.3 Å². The number of Topliss-reactive ketones (excluding diaryl/α,β-unsaturated/α-hetero) is 1. The van der Waals surface area contributed by atoms with Gasteiger partial charge in [0.25, 0.3) is 0 Å². The van der Waals surface area contributed by atoms with Crippen molar-refractivity contribution in [3.05, 3.63) is 33.6 Å². The van der Waals surface area contributed by atoms with Crippen molar-refractivity contribution in [2.45, 2.75) is 19.0 Å². The summed E-state index contributed by atoms with van der Waals surface area (Å²) in [6.07, 6.45) is 0. The molecule has 0 atom stereocenters. The monoisotopic (exact) mass is 281 g/mol. The summed E-state index contributed by atoms with van der Waals surface area (Å²) in [6, 6.07) is 1.85. The lowest BCUT2D eigenvalue weighted by molar-refractivity contribution is -0.741. The van der Waals surface area contributed by atoms with Crippen LogP contribution in [0, 0.1) is 13.8 Å². The molecule has 0 saturated heterocycles. The van der Waals surface area contributed by atoms with Crippen LogP contribution in [-0.4, -0.2) is 26.8 Å². The summed E-state index contributed by atoms with van der Waals surface area (Å²) >= 11 is 1.19. The van der Waals surface area contributed by atoms with Gasteiger partial charge >= 0.3 is 11.3 Å². The highest BCUT2D eigenvalue weighted by Gasteiger charge is 2.26. The first-order valence-corrected chi connectivity index (χ1v) is 6.51. The number of ketones is 1. The van der Waals surface area contributed by atoms with Crippen molar-refractivity contribution in [2.75, 3.05) is 5.75 Å². The SMILES string of the molecule is Cc1cc(C)nc(SCC(=O)c2c(=O)o[nH][n+]2C)n1. The van der Waals surface area contributed by atoms with Crippen molar-refractivity contribution in [1.82, 2.24) is 15.2 Å². The Morgan fingerprint density at radius 2 is 2.05 bits per heavy atom. The maximum Gasteiger partial charge on any atom is 0.438 e. The molecule has 0 bridgehead atoms. The molecule has 0 spiro atoms. The van der Waals surface area contributed by atoms with E-state index in [0.717, 1.165) is 11.4 Å². The topological polar surface area (TPSA) is 92.7 Å². The Hall–Kier alpha value is -1.96. The molecule has 0 aliphatic carbocycles. The first-order chi connectivity index (χ1) is 8.97. The van der Waals surface area contributed by atoms with Crippen LogP contribution in [0.2, 0.25) is 0 Å². The summed E-state index contributed by atoms with van der Waals surface area (Å²) in [6.45, 7) is 3.72. The van der Waals surface area contributed by atoms with Crippen LogP contribution >= 0.6 is 11.8 Å². The number of H-pyrrole nitrogens is 1. The van der Waals surface area contributed by atoms with Gasteiger partial charge in [0.1, 0.15) is 0 Å². The molecular weight excluding hydrogens is 268 g/mol. The molecule has 8 heteroatoms. The molecule has 0 saturated carbocycles. The normalized spacial score (nSPS) is 10.7. The summed E-state index contributed by atoms with van der Waals surface area (Å²) in [5.41, 5.74) is 0.995. The van der Waals surface area contributed by atoms with Crippen molar-refractivity contribution in [2.24, 2.45) is 7.05 Å². The molecule has 100 valence electrons. The van der Waals surface area contributed by atoms with Crippen molar-refractivity contribution >= 4 is 17.5 Å². The molecule has 0 unspecified atom stereocenters. The number of hydrogen-bond acceptors (Lipinski definition) is 6. The molecular formula is C11H13N4O3S+. The van der Waals surface area contributed by atoms with E-state index in [9.17, 15) is 9.59 Å². The number of aromatic nitrogens is 4. The Labute approximate surface area is 113 Å². The van der Waals surface area contributed by atoms with E-state index in [4.69, 9.17) is 0 Å². The second-order valence-corrected chi connectivity index (χ2v) is 4.98. The average Bonchev–Trinajstić information content (AvgIpc) is 2.65. The van der Waals surface area contributed by atoms with Crippen LogP contribution in [0.15, 0.2) is 20.5 Å². The lowest BCUT2D eigenvalue weighted by Gasteiger charge is -2.00. The van der Waals surface area contributed by atoms with E-state index < -0.39 is 5.63 Å². The molecule has 0 aromatic carbocycles. The third-order valence-corrected chi connectivity index (χ3v) is 3.21. The summed E-state index contributed by atoms with van der Waals surface area (Å²) in [5, 5.41) is 2.82. The Bertz CT molecular complexity index is 657. The molecule has 2 heterocycles. The number of aromatic amines is 1. The maximum atomic E-state index is 11.9. The van der Waals surface area contributed by atoms with E-state index in [1.54, 1.807) is 0 Å². The fourth-order valence-corrected chi connectivity index (χ4v) is 2.41. The van der Waals surface area contributed by atoms with Crippen LogP contribution in [0.4, 0.5) is 0 Å². The third-order valence-electron chi connectivity index (χ3n) is 2.36. The molecule has 0 aliphatic rings. The minimum absolute atomic E-state index is 0.0168. The lowest BCUT2D eigenvalue weighted by Crippen LogP contribution is -2.39. The van der Waals surface area contributed by atoms with Gasteiger partial charge in [0.15, 0.2) is 12.2 Å². The van der Waals surface area contributed by atoms with Crippen LogP contribution in [0.5, 0.6) is 0 Å². The van der Waals surface area contributed by atoms with Gasteiger partial charge in [-0.2, -0.15) is 0 Å². The van der Waals surface area contributed by atoms with Crippen LogP contribution in [-0.2, 0) is 7.05 Å². The van der Waals surface area contributed by atoms with Crippen molar-refractivity contribution < 1.29 is 14.0 Å². The predicted molar refractivity (Wildman–Crippen MR) is 67.1 cm³/mol. The summed E-state index contributed by atoms with van der Waals surface area (Å²) in [7, 11) is 1.54. The number of hydrogen-bond donors (Lipinski definition) is 1. The molecule has 2 aromatic rings. The smallest absolute Gasteiger partial charge is 0.286 e. The second-order valence-electron chi connectivity index (χ2n) is 4.03. The van der Waals surface area contributed by atoms with Gasteiger partial charge < -0.3 is 0 Å². The Morgan fingerprint density at radius 3 is 2.58 bits per heavy atom. The van der Waals surface area contributed by atoms with E-state index in [1.165, 1.54) is 23.5 Å². The Balaban J connectivity index is 2.11. The lowest BCUT2D eigenvalue weighted by atomic mass is 10.3. The number of carbonyl (C=O) groups excluding carboxylic acids is 1. The number of nitrogens with one attached hydrogen (secondary N) is 1. The van der Waals surface area contributed by atoms with E-state index in [1.807, 2.05) is 19.9 Å². The number of carbonyl (C=O) groups is 1. The van der Waals surface area contributed by atoms with Crippen molar-refractivity contribution in [1.29, 1.82) is 0 Å². The largest absolute Gasteiger partial charge is 0.438 e. The van der Waals surface area contributed by atoms with Gasteiger partial charge in [0.2, 0.25) is 5.78 Å². The zero-order valence-electron chi connectivity index (χ0n) is 10.8. The highest BCUT2D eigenvalue weighted by Crippen LogP contribution is 2.14. The molecule has 7 nitrogen and oxygen atoms in total. The summed E-state index contributed by atoms with van der Waals surface area (Å²) in [5.74, 6) is -0.246. The van der Waals surface area contributed by atoms with Gasteiger partial charge in [-0.05, 0) is 25.2 Å². The molecule has 2 aromatic heterocycles. The van der Waals surface area contributed by atoms with E-state index in [0.29, 0.717) is 5.16 Å². The Morgan fingerprint density at radius 1 is 1.42 bits per heavy atom. The van der Waals surface area contributed by atoms with E-state index >= 15 is 0 Å². The van der Waals surface area contributed by atoms with Crippen LogP contribution in [0.1, 0.15) is 21.9 Å². The summed E-state index contributed by atoms with van der Waals surface area (Å²) < 4.78 is 5.79. The zero-order chi connectivity index (χ0) is 14.0. The van der Waals surface area contributed by atoms with Crippen molar-refractivity contribution in [3.8, 4) is 0 Å². The predicted octanol–water partition coefficient (Wildman–Crippen LogP) is 0.174. The number of aryl methyl sites for hydroxylation is 3. The van der Waals surface area contributed by atoms with Gasteiger partial charge in [0, 0.05) is 11.4 Å². The minimum atomic E-state index is -0.672. The van der Waals surface area contributed by atoms with Gasteiger partial charge in [-0.3, -0.25) is 9.32 Å². The first kappa shape index (κ1) is 13.5. The molecule has 0 aliphatic heterocycles. The number of thioether (sulfide) groups is 1. The molecule has 0 fully saturated rings. The highest BCUT2D eigenvalue weighted by molar-refractivity contribution is 7.99. The van der Waals surface area contributed by atoms with E-state index in [2.05, 4.69) is 19.8 Å². The average molecular weight is 281 g/mol. The quantitative estimate of drug-likeness (QED) is 0.372. The number of rotatable bonds is 4. The zero-order valence-corrected chi connectivity index (χ0v) is 11.6. The number of nitrogens with zero attached hydrogens (tertiary/aromatic N) is 3. The molecule has 2 rings (SSSR count). The van der Waals surface area contributed by atoms with Gasteiger partial charge in [-0.1, -0.05) is 16.4 Å². The fraction of sp³-hybridized carbons (Fsp3) is 0.364. The van der Waals surface area contributed by atoms with Crippen LogP contribution in [0.3, 0.4) is 0 Å². The molecule has 0 amide bonds. The molecule has 1 N–H and O–H groups in total.